The van der Waals surface area contributed by atoms with Crippen molar-refractivity contribution in [3.8, 4) is 0 Å². The van der Waals surface area contributed by atoms with Crippen molar-refractivity contribution in [2.24, 2.45) is 0 Å². The molecule has 1 fully saturated rings. The van der Waals surface area contributed by atoms with Gasteiger partial charge in [0.15, 0.2) is 0 Å². The van der Waals surface area contributed by atoms with E-state index in [0.717, 1.165) is 6.61 Å². The van der Waals surface area contributed by atoms with Crippen LogP contribution in [0.3, 0.4) is 0 Å². The van der Waals surface area contributed by atoms with Gasteiger partial charge in [0.25, 0.3) is 0 Å². The number of hydrogen-bond acceptors (Lipinski definition) is 3. The second kappa shape index (κ2) is 7.14. The Morgan fingerprint density at radius 1 is 1.53 bits per heavy atom. The summed E-state index contributed by atoms with van der Waals surface area (Å²) in [7, 11) is 2.07. The van der Waals surface area contributed by atoms with Gasteiger partial charge in [-0.1, -0.05) is 6.07 Å². The first-order chi connectivity index (χ1) is 8.38. The summed E-state index contributed by atoms with van der Waals surface area (Å²) in [5, 5.41) is 5.60. The Bertz CT molecular complexity index is 293. The molecule has 0 saturated carbocycles. The molecule has 17 heavy (non-hydrogen) atoms. The molecule has 0 spiro atoms. The number of ether oxygens (including phenoxy) is 1. The maximum atomic E-state index is 5.81. The van der Waals surface area contributed by atoms with Crippen LogP contribution in [0.1, 0.15) is 37.0 Å². The highest BCUT2D eigenvalue weighted by Crippen LogP contribution is 2.19. The lowest BCUT2D eigenvalue weighted by atomic mass is 9.99. The van der Waals surface area contributed by atoms with E-state index in [1.807, 2.05) is 11.3 Å². The molecule has 2 rings (SSSR count). The summed E-state index contributed by atoms with van der Waals surface area (Å²) >= 11 is 1.86. The van der Waals surface area contributed by atoms with Crippen LogP contribution in [-0.4, -0.2) is 25.8 Å². The minimum absolute atomic E-state index is 0.490. The van der Waals surface area contributed by atoms with E-state index in [-0.39, 0.29) is 0 Å². The maximum Gasteiger partial charge on any atom is 0.0590 e. The van der Waals surface area contributed by atoms with E-state index in [1.54, 1.807) is 0 Å². The lowest BCUT2D eigenvalue weighted by Crippen LogP contribution is -2.32. The third-order valence-corrected chi connectivity index (χ3v) is 4.49. The predicted molar refractivity (Wildman–Crippen MR) is 73.7 cm³/mol. The van der Waals surface area contributed by atoms with E-state index in [2.05, 4.69) is 29.9 Å². The molecular formula is C14H23NOS. The van der Waals surface area contributed by atoms with Crippen LogP contribution in [0.25, 0.3) is 0 Å². The summed E-state index contributed by atoms with van der Waals surface area (Å²) in [4.78, 5) is 1.50. The molecule has 96 valence electrons. The van der Waals surface area contributed by atoms with Gasteiger partial charge < -0.3 is 10.1 Å². The molecule has 2 atom stereocenters. The van der Waals surface area contributed by atoms with Gasteiger partial charge in [0.2, 0.25) is 0 Å². The predicted octanol–water partition coefficient (Wildman–Crippen LogP) is 3.23. The topological polar surface area (TPSA) is 21.3 Å². The van der Waals surface area contributed by atoms with Crippen LogP contribution < -0.4 is 5.32 Å². The van der Waals surface area contributed by atoms with Crippen LogP contribution in [0.15, 0.2) is 17.5 Å². The fourth-order valence-electron chi connectivity index (χ4n) is 2.46. The monoisotopic (exact) mass is 253 g/mol. The summed E-state index contributed by atoms with van der Waals surface area (Å²) in [6, 6.07) is 4.97. The zero-order valence-electron chi connectivity index (χ0n) is 10.7. The highest BCUT2D eigenvalue weighted by atomic mass is 32.1. The van der Waals surface area contributed by atoms with Crippen molar-refractivity contribution in [1.29, 1.82) is 0 Å². The molecule has 1 aliphatic rings. The van der Waals surface area contributed by atoms with Crippen LogP contribution in [0.2, 0.25) is 0 Å². The molecule has 1 aromatic heterocycles. The number of aryl methyl sites for hydroxylation is 1. The van der Waals surface area contributed by atoms with E-state index >= 15 is 0 Å². The fraction of sp³-hybridized carbons (Fsp3) is 0.714. The highest BCUT2D eigenvalue weighted by molar-refractivity contribution is 7.09. The molecule has 2 heterocycles. The van der Waals surface area contributed by atoms with Gasteiger partial charge in [-0.15, -0.1) is 11.3 Å². The minimum Gasteiger partial charge on any atom is -0.378 e. The molecule has 2 unspecified atom stereocenters. The smallest absolute Gasteiger partial charge is 0.0590 e. The van der Waals surface area contributed by atoms with Gasteiger partial charge in [-0.2, -0.15) is 0 Å². The largest absolute Gasteiger partial charge is 0.378 e. The van der Waals surface area contributed by atoms with Crippen LogP contribution in [0, 0.1) is 0 Å². The summed E-state index contributed by atoms with van der Waals surface area (Å²) in [6.07, 6.45) is 7.90. The molecule has 0 radical (unpaired) electrons. The second-order valence-corrected chi connectivity index (χ2v) is 5.86. The quantitative estimate of drug-likeness (QED) is 0.840. The van der Waals surface area contributed by atoms with Crippen molar-refractivity contribution in [3.05, 3.63) is 22.4 Å². The normalized spacial score (nSPS) is 22.5. The van der Waals surface area contributed by atoms with E-state index in [1.165, 1.54) is 43.4 Å². The molecule has 0 aromatic carbocycles. The van der Waals surface area contributed by atoms with Crippen molar-refractivity contribution in [2.45, 2.75) is 50.7 Å². The van der Waals surface area contributed by atoms with Gasteiger partial charge in [-0.25, -0.2) is 0 Å². The van der Waals surface area contributed by atoms with E-state index in [9.17, 15) is 0 Å². The first kappa shape index (κ1) is 13.1. The van der Waals surface area contributed by atoms with Crippen LogP contribution in [-0.2, 0) is 11.2 Å². The van der Waals surface area contributed by atoms with Crippen molar-refractivity contribution >= 4 is 11.3 Å². The Morgan fingerprint density at radius 2 is 2.47 bits per heavy atom. The molecule has 1 aromatic rings. The second-order valence-electron chi connectivity index (χ2n) is 4.83. The SMILES string of the molecule is CNC(CCc1cccs1)CC1CCCCO1. The van der Waals surface area contributed by atoms with Gasteiger partial charge in [-0.3, -0.25) is 0 Å². The summed E-state index contributed by atoms with van der Waals surface area (Å²) < 4.78 is 5.81. The highest BCUT2D eigenvalue weighted by Gasteiger charge is 2.18. The lowest BCUT2D eigenvalue weighted by molar-refractivity contribution is 0.00520. The van der Waals surface area contributed by atoms with E-state index in [4.69, 9.17) is 4.74 Å². The van der Waals surface area contributed by atoms with Gasteiger partial charge >= 0.3 is 0 Å². The van der Waals surface area contributed by atoms with Crippen molar-refractivity contribution in [1.82, 2.24) is 5.32 Å². The molecule has 1 saturated heterocycles. The molecule has 2 nitrogen and oxygen atoms in total. The number of thiophene rings is 1. The third kappa shape index (κ3) is 4.41. The number of nitrogens with one attached hydrogen (secondary N) is 1. The van der Waals surface area contributed by atoms with Crippen molar-refractivity contribution in [2.75, 3.05) is 13.7 Å². The Hall–Kier alpha value is -0.380. The lowest BCUT2D eigenvalue weighted by Gasteiger charge is -2.26. The maximum absolute atomic E-state index is 5.81. The Kier molecular flexibility index (Phi) is 5.49. The Morgan fingerprint density at radius 3 is 3.12 bits per heavy atom. The number of hydrogen-bond donors (Lipinski definition) is 1. The molecular weight excluding hydrogens is 230 g/mol. The van der Waals surface area contributed by atoms with Gasteiger partial charge in [0, 0.05) is 17.5 Å². The third-order valence-electron chi connectivity index (χ3n) is 3.55. The molecule has 3 heteroatoms. The standard InChI is InChI=1S/C14H23NOS/c1-15-12(7-8-14-6-4-10-17-14)11-13-5-2-3-9-16-13/h4,6,10,12-13,15H,2-3,5,7-9,11H2,1H3. The molecule has 0 amide bonds. The fourth-order valence-corrected chi connectivity index (χ4v) is 3.19. The van der Waals surface area contributed by atoms with Crippen molar-refractivity contribution in [3.63, 3.8) is 0 Å². The zero-order chi connectivity index (χ0) is 11.9. The number of rotatable bonds is 6. The molecule has 0 bridgehead atoms. The van der Waals surface area contributed by atoms with Crippen molar-refractivity contribution < 1.29 is 4.74 Å². The van der Waals surface area contributed by atoms with Gasteiger partial charge in [0.05, 0.1) is 6.10 Å². The van der Waals surface area contributed by atoms with Gasteiger partial charge in [-0.05, 0) is 57.0 Å². The van der Waals surface area contributed by atoms with Gasteiger partial charge in [0.1, 0.15) is 0 Å². The molecule has 1 aliphatic heterocycles. The first-order valence-electron chi connectivity index (χ1n) is 6.69. The van der Waals surface area contributed by atoms with E-state index in [0.29, 0.717) is 12.1 Å². The summed E-state index contributed by atoms with van der Waals surface area (Å²) in [5.41, 5.74) is 0. The Labute approximate surface area is 108 Å². The summed E-state index contributed by atoms with van der Waals surface area (Å²) in [5.74, 6) is 0. The van der Waals surface area contributed by atoms with E-state index < -0.39 is 0 Å². The average molecular weight is 253 g/mol. The van der Waals surface area contributed by atoms with Crippen LogP contribution in [0.5, 0.6) is 0 Å². The minimum atomic E-state index is 0.490. The zero-order valence-corrected chi connectivity index (χ0v) is 11.5. The average Bonchev–Trinajstić information content (AvgIpc) is 2.89. The Balaban J connectivity index is 1.72. The van der Waals surface area contributed by atoms with Crippen LogP contribution in [0.4, 0.5) is 0 Å². The molecule has 1 N–H and O–H groups in total. The first-order valence-corrected chi connectivity index (χ1v) is 7.57. The summed E-state index contributed by atoms with van der Waals surface area (Å²) in [6.45, 7) is 0.964. The molecule has 0 aliphatic carbocycles. The van der Waals surface area contributed by atoms with Crippen LogP contribution >= 0.6 is 11.3 Å².